The fourth-order valence-corrected chi connectivity index (χ4v) is 2.39. The third-order valence-electron chi connectivity index (χ3n) is 3.64. The Bertz CT molecular complexity index is 653. The van der Waals surface area contributed by atoms with Crippen molar-refractivity contribution in [1.82, 2.24) is 5.32 Å². The summed E-state index contributed by atoms with van der Waals surface area (Å²) in [5.74, 6) is 0. The first-order valence-corrected chi connectivity index (χ1v) is 7.01. The molecular formula is C17H20N2O2. The fourth-order valence-electron chi connectivity index (χ4n) is 2.39. The average Bonchev–Trinajstić information content (AvgIpc) is 2.47. The first-order valence-electron chi connectivity index (χ1n) is 7.01. The van der Waals surface area contributed by atoms with Gasteiger partial charge in [-0.15, -0.1) is 0 Å². The van der Waals surface area contributed by atoms with Crippen molar-refractivity contribution < 1.29 is 4.92 Å². The SMILES string of the molecule is Cc1ccc(C)c(C(C)NCc2cccc([N+](=O)[O-])c2)c1. The van der Waals surface area contributed by atoms with Crippen molar-refractivity contribution in [3.05, 3.63) is 74.8 Å². The number of nitrogens with one attached hydrogen (secondary N) is 1. The summed E-state index contributed by atoms with van der Waals surface area (Å²) in [6.45, 7) is 6.89. The summed E-state index contributed by atoms with van der Waals surface area (Å²) >= 11 is 0. The predicted molar refractivity (Wildman–Crippen MR) is 84.3 cm³/mol. The second-order valence-electron chi connectivity index (χ2n) is 5.39. The molecular weight excluding hydrogens is 264 g/mol. The van der Waals surface area contributed by atoms with Gasteiger partial charge in [-0.3, -0.25) is 10.1 Å². The first kappa shape index (κ1) is 15.2. The molecule has 0 fully saturated rings. The molecule has 0 aliphatic rings. The molecule has 21 heavy (non-hydrogen) atoms. The molecule has 1 unspecified atom stereocenters. The Morgan fingerprint density at radius 2 is 1.95 bits per heavy atom. The summed E-state index contributed by atoms with van der Waals surface area (Å²) in [5.41, 5.74) is 4.80. The van der Waals surface area contributed by atoms with Gasteiger partial charge in [-0.05, 0) is 37.5 Å². The van der Waals surface area contributed by atoms with E-state index in [1.54, 1.807) is 12.1 Å². The molecule has 0 aliphatic heterocycles. The summed E-state index contributed by atoms with van der Waals surface area (Å²) in [4.78, 5) is 10.4. The Kier molecular flexibility index (Phi) is 4.70. The minimum atomic E-state index is -0.363. The van der Waals surface area contributed by atoms with Crippen LogP contribution in [0.5, 0.6) is 0 Å². The molecule has 110 valence electrons. The molecule has 2 aromatic carbocycles. The van der Waals surface area contributed by atoms with Crippen molar-refractivity contribution >= 4 is 5.69 Å². The number of hydrogen-bond donors (Lipinski definition) is 1. The summed E-state index contributed by atoms with van der Waals surface area (Å²) < 4.78 is 0. The molecule has 0 saturated carbocycles. The molecule has 4 heteroatoms. The maximum atomic E-state index is 10.8. The lowest BCUT2D eigenvalue weighted by Crippen LogP contribution is -2.19. The van der Waals surface area contributed by atoms with Crippen molar-refractivity contribution in [2.75, 3.05) is 0 Å². The molecule has 2 rings (SSSR count). The van der Waals surface area contributed by atoms with E-state index < -0.39 is 0 Å². The second-order valence-corrected chi connectivity index (χ2v) is 5.39. The first-order chi connectivity index (χ1) is 9.97. The molecule has 0 radical (unpaired) electrons. The van der Waals surface area contributed by atoms with Gasteiger partial charge in [0.2, 0.25) is 0 Å². The minimum absolute atomic E-state index is 0.133. The normalized spacial score (nSPS) is 12.1. The highest BCUT2D eigenvalue weighted by molar-refractivity contribution is 5.35. The largest absolute Gasteiger partial charge is 0.306 e. The summed E-state index contributed by atoms with van der Waals surface area (Å²) in [7, 11) is 0. The van der Waals surface area contributed by atoms with E-state index in [2.05, 4.69) is 44.3 Å². The van der Waals surface area contributed by atoms with Crippen molar-refractivity contribution in [2.45, 2.75) is 33.4 Å². The van der Waals surface area contributed by atoms with Gasteiger partial charge < -0.3 is 5.32 Å². The van der Waals surface area contributed by atoms with Crippen LogP contribution in [0, 0.1) is 24.0 Å². The van der Waals surface area contributed by atoms with Crippen molar-refractivity contribution in [1.29, 1.82) is 0 Å². The van der Waals surface area contributed by atoms with E-state index in [0.717, 1.165) is 5.56 Å². The predicted octanol–water partition coefficient (Wildman–Crippen LogP) is 4.06. The number of aryl methyl sites for hydroxylation is 2. The van der Waals surface area contributed by atoms with E-state index in [-0.39, 0.29) is 16.7 Å². The molecule has 0 amide bonds. The van der Waals surface area contributed by atoms with Crippen LogP contribution in [0.15, 0.2) is 42.5 Å². The van der Waals surface area contributed by atoms with Gasteiger partial charge in [0.05, 0.1) is 4.92 Å². The molecule has 0 heterocycles. The van der Waals surface area contributed by atoms with Crippen LogP contribution in [0.25, 0.3) is 0 Å². The smallest absolute Gasteiger partial charge is 0.269 e. The minimum Gasteiger partial charge on any atom is -0.306 e. The molecule has 0 saturated heterocycles. The fraction of sp³-hybridized carbons (Fsp3) is 0.294. The van der Waals surface area contributed by atoms with Crippen molar-refractivity contribution in [3.63, 3.8) is 0 Å². The van der Waals surface area contributed by atoms with Gasteiger partial charge >= 0.3 is 0 Å². The third-order valence-corrected chi connectivity index (χ3v) is 3.64. The number of rotatable bonds is 5. The number of nitro benzene ring substituents is 1. The van der Waals surface area contributed by atoms with E-state index >= 15 is 0 Å². The number of benzene rings is 2. The van der Waals surface area contributed by atoms with Crippen LogP contribution in [0.3, 0.4) is 0 Å². The van der Waals surface area contributed by atoms with E-state index in [0.29, 0.717) is 6.54 Å². The Balaban J connectivity index is 2.07. The highest BCUT2D eigenvalue weighted by Gasteiger charge is 2.10. The maximum absolute atomic E-state index is 10.8. The number of nitro groups is 1. The van der Waals surface area contributed by atoms with E-state index in [1.165, 1.54) is 22.8 Å². The van der Waals surface area contributed by atoms with Gasteiger partial charge in [0.1, 0.15) is 0 Å². The zero-order valence-electron chi connectivity index (χ0n) is 12.6. The zero-order chi connectivity index (χ0) is 15.4. The number of hydrogen-bond acceptors (Lipinski definition) is 3. The van der Waals surface area contributed by atoms with Crippen LogP contribution in [-0.2, 0) is 6.54 Å². The Morgan fingerprint density at radius 3 is 2.67 bits per heavy atom. The lowest BCUT2D eigenvalue weighted by Gasteiger charge is -2.17. The van der Waals surface area contributed by atoms with Crippen LogP contribution < -0.4 is 5.32 Å². The maximum Gasteiger partial charge on any atom is 0.269 e. The molecule has 0 aromatic heterocycles. The zero-order valence-corrected chi connectivity index (χ0v) is 12.6. The lowest BCUT2D eigenvalue weighted by atomic mass is 10.00. The van der Waals surface area contributed by atoms with Gasteiger partial charge in [0.25, 0.3) is 5.69 Å². The van der Waals surface area contributed by atoms with Gasteiger partial charge in [0, 0.05) is 24.7 Å². The Morgan fingerprint density at radius 1 is 1.19 bits per heavy atom. The molecule has 1 atom stereocenters. The molecule has 2 aromatic rings. The molecule has 0 aliphatic carbocycles. The lowest BCUT2D eigenvalue weighted by molar-refractivity contribution is -0.384. The average molecular weight is 284 g/mol. The van der Waals surface area contributed by atoms with Crippen LogP contribution in [0.1, 0.15) is 35.2 Å². The Hall–Kier alpha value is -2.20. The second kappa shape index (κ2) is 6.50. The standard InChI is InChI=1S/C17H20N2O2/c1-12-7-8-13(2)17(9-12)14(3)18-11-15-5-4-6-16(10-15)19(20)21/h4-10,14,18H,11H2,1-3H3. The molecule has 0 bridgehead atoms. The summed E-state index contributed by atoms with van der Waals surface area (Å²) in [5, 5.41) is 14.2. The topological polar surface area (TPSA) is 55.2 Å². The molecule has 4 nitrogen and oxygen atoms in total. The quantitative estimate of drug-likeness (QED) is 0.665. The van der Waals surface area contributed by atoms with Crippen molar-refractivity contribution in [2.24, 2.45) is 0 Å². The van der Waals surface area contributed by atoms with Gasteiger partial charge in [-0.2, -0.15) is 0 Å². The highest BCUT2D eigenvalue weighted by atomic mass is 16.6. The molecule has 0 spiro atoms. The monoisotopic (exact) mass is 284 g/mol. The van der Waals surface area contributed by atoms with Gasteiger partial charge in [0.15, 0.2) is 0 Å². The number of nitrogens with zero attached hydrogens (tertiary/aromatic N) is 1. The van der Waals surface area contributed by atoms with E-state index in [4.69, 9.17) is 0 Å². The summed E-state index contributed by atoms with van der Waals surface area (Å²) in [6.07, 6.45) is 0. The number of non-ortho nitro benzene ring substituents is 1. The third kappa shape index (κ3) is 3.89. The van der Waals surface area contributed by atoms with Crippen LogP contribution in [0.2, 0.25) is 0 Å². The van der Waals surface area contributed by atoms with Gasteiger partial charge in [-0.25, -0.2) is 0 Å². The highest BCUT2D eigenvalue weighted by Crippen LogP contribution is 2.20. The molecule has 1 N–H and O–H groups in total. The summed E-state index contributed by atoms with van der Waals surface area (Å²) in [6, 6.07) is 13.3. The van der Waals surface area contributed by atoms with E-state index in [1.807, 2.05) is 6.07 Å². The van der Waals surface area contributed by atoms with Crippen LogP contribution in [-0.4, -0.2) is 4.92 Å². The Labute approximate surface area is 125 Å². The van der Waals surface area contributed by atoms with Crippen LogP contribution in [0.4, 0.5) is 5.69 Å². The van der Waals surface area contributed by atoms with Gasteiger partial charge in [-0.1, -0.05) is 35.9 Å². The van der Waals surface area contributed by atoms with Crippen LogP contribution >= 0.6 is 0 Å². The van der Waals surface area contributed by atoms with Crippen molar-refractivity contribution in [3.8, 4) is 0 Å². The van der Waals surface area contributed by atoms with E-state index in [9.17, 15) is 10.1 Å².